The Bertz CT molecular complexity index is 675. The zero-order valence-corrected chi connectivity index (χ0v) is 11.7. The number of phenolic OH excluding ortho intramolecular Hbond substituents is 1. The lowest BCUT2D eigenvalue weighted by Gasteiger charge is -2.15. The summed E-state index contributed by atoms with van der Waals surface area (Å²) in [6, 6.07) is 10.6. The number of hydrogen-bond donors (Lipinski definition) is 2. The quantitative estimate of drug-likeness (QED) is 0.902. The molecule has 0 fully saturated rings. The number of nitrogens with one attached hydrogen (secondary N) is 1. The Labute approximate surface area is 122 Å². The van der Waals surface area contributed by atoms with Crippen molar-refractivity contribution in [2.24, 2.45) is 0 Å². The highest BCUT2D eigenvalue weighted by Crippen LogP contribution is 2.30. The molecule has 0 aliphatic carbocycles. The van der Waals surface area contributed by atoms with Crippen LogP contribution in [0.3, 0.4) is 0 Å². The first-order valence-electron chi connectivity index (χ1n) is 6.33. The molecule has 1 unspecified atom stereocenters. The maximum atomic E-state index is 13.4. The van der Waals surface area contributed by atoms with Crippen LogP contribution in [0.15, 0.2) is 36.4 Å². The normalized spacial score (nSPS) is 11.5. The Balaban J connectivity index is 2.28. The Kier molecular flexibility index (Phi) is 4.29. The SMILES string of the molecule is COc1ccc(C(C#N)Nc2cc(C)cc(F)c2)cc1O. The van der Waals surface area contributed by atoms with Gasteiger partial charge in [-0.15, -0.1) is 0 Å². The smallest absolute Gasteiger partial charge is 0.160 e. The predicted molar refractivity (Wildman–Crippen MR) is 77.8 cm³/mol. The molecule has 5 heteroatoms. The molecule has 0 heterocycles. The molecule has 21 heavy (non-hydrogen) atoms. The summed E-state index contributed by atoms with van der Waals surface area (Å²) in [7, 11) is 1.45. The number of phenols is 1. The van der Waals surface area contributed by atoms with Crippen molar-refractivity contribution >= 4 is 5.69 Å². The standard InChI is InChI=1S/C16H15FN2O2/c1-10-5-12(17)8-13(6-10)19-14(9-18)11-3-4-16(21-2)15(20)7-11/h3-8,14,19-20H,1-2H3. The van der Waals surface area contributed by atoms with Gasteiger partial charge < -0.3 is 15.2 Å². The molecule has 2 aromatic rings. The number of anilines is 1. The Hall–Kier alpha value is -2.74. The number of hydrogen-bond acceptors (Lipinski definition) is 4. The van der Waals surface area contributed by atoms with Gasteiger partial charge in [0.05, 0.1) is 13.2 Å². The molecule has 0 saturated carbocycles. The first-order valence-corrected chi connectivity index (χ1v) is 6.33. The molecule has 0 spiro atoms. The number of ether oxygens (including phenoxy) is 1. The van der Waals surface area contributed by atoms with Gasteiger partial charge in [-0.3, -0.25) is 0 Å². The summed E-state index contributed by atoms with van der Waals surface area (Å²) in [6.45, 7) is 1.77. The zero-order chi connectivity index (χ0) is 15.4. The van der Waals surface area contributed by atoms with Crippen LogP contribution in [-0.4, -0.2) is 12.2 Å². The number of aromatic hydroxyl groups is 1. The summed E-state index contributed by atoms with van der Waals surface area (Å²) < 4.78 is 18.3. The van der Waals surface area contributed by atoms with Crippen molar-refractivity contribution in [2.75, 3.05) is 12.4 Å². The highest BCUT2D eigenvalue weighted by molar-refractivity contribution is 5.51. The Morgan fingerprint density at radius 1 is 1.29 bits per heavy atom. The number of nitriles is 1. The molecule has 0 aromatic heterocycles. The van der Waals surface area contributed by atoms with Crippen LogP contribution in [0.4, 0.5) is 10.1 Å². The van der Waals surface area contributed by atoms with Gasteiger partial charge in [-0.2, -0.15) is 5.26 Å². The lowest BCUT2D eigenvalue weighted by Crippen LogP contribution is -2.09. The molecule has 0 amide bonds. The van der Waals surface area contributed by atoms with E-state index in [2.05, 4.69) is 11.4 Å². The number of nitrogens with zero attached hydrogens (tertiary/aromatic N) is 1. The van der Waals surface area contributed by atoms with Crippen LogP contribution >= 0.6 is 0 Å². The van der Waals surface area contributed by atoms with Gasteiger partial charge in [0.2, 0.25) is 0 Å². The van der Waals surface area contributed by atoms with Crippen LogP contribution in [-0.2, 0) is 0 Å². The second kappa shape index (κ2) is 6.14. The van der Waals surface area contributed by atoms with E-state index in [0.717, 1.165) is 5.56 Å². The van der Waals surface area contributed by atoms with E-state index in [1.165, 1.54) is 25.3 Å². The summed E-state index contributed by atoms with van der Waals surface area (Å²) in [5.74, 6) is -0.0868. The van der Waals surface area contributed by atoms with Crippen molar-refractivity contribution in [3.63, 3.8) is 0 Å². The molecule has 2 N–H and O–H groups in total. The van der Waals surface area contributed by atoms with Crippen LogP contribution in [0.5, 0.6) is 11.5 Å². The molecule has 0 aliphatic heterocycles. The summed E-state index contributed by atoms with van der Waals surface area (Å²) >= 11 is 0. The predicted octanol–water partition coefficient (Wildman–Crippen LogP) is 3.53. The average Bonchev–Trinajstić information content (AvgIpc) is 2.43. The fourth-order valence-electron chi connectivity index (χ4n) is 2.06. The lowest BCUT2D eigenvalue weighted by atomic mass is 10.1. The summed E-state index contributed by atoms with van der Waals surface area (Å²) in [5.41, 5.74) is 1.83. The molecule has 1 atom stereocenters. The van der Waals surface area contributed by atoms with Crippen molar-refractivity contribution in [1.82, 2.24) is 0 Å². The Morgan fingerprint density at radius 2 is 2.05 bits per heavy atom. The van der Waals surface area contributed by atoms with E-state index in [-0.39, 0.29) is 11.6 Å². The van der Waals surface area contributed by atoms with Crippen molar-refractivity contribution in [1.29, 1.82) is 5.26 Å². The van der Waals surface area contributed by atoms with E-state index >= 15 is 0 Å². The van der Waals surface area contributed by atoms with E-state index in [9.17, 15) is 14.8 Å². The summed E-state index contributed by atoms with van der Waals surface area (Å²) in [5, 5.41) is 22.0. The highest BCUT2D eigenvalue weighted by atomic mass is 19.1. The van der Waals surface area contributed by atoms with Gasteiger partial charge >= 0.3 is 0 Å². The fraction of sp³-hybridized carbons (Fsp3) is 0.188. The van der Waals surface area contributed by atoms with E-state index in [4.69, 9.17) is 4.74 Å². The summed E-state index contributed by atoms with van der Waals surface area (Å²) in [6.07, 6.45) is 0. The minimum Gasteiger partial charge on any atom is -0.504 e. The van der Waals surface area contributed by atoms with Gasteiger partial charge in [0, 0.05) is 5.69 Å². The van der Waals surface area contributed by atoms with Gasteiger partial charge in [0.15, 0.2) is 11.5 Å². The molecular formula is C16H15FN2O2. The number of benzene rings is 2. The second-order valence-corrected chi connectivity index (χ2v) is 4.65. The fourth-order valence-corrected chi connectivity index (χ4v) is 2.06. The first kappa shape index (κ1) is 14.7. The van der Waals surface area contributed by atoms with Gasteiger partial charge in [-0.25, -0.2) is 4.39 Å². The highest BCUT2D eigenvalue weighted by Gasteiger charge is 2.13. The zero-order valence-electron chi connectivity index (χ0n) is 11.7. The third-order valence-corrected chi connectivity index (χ3v) is 3.02. The third-order valence-electron chi connectivity index (χ3n) is 3.02. The maximum absolute atomic E-state index is 13.4. The van der Waals surface area contributed by atoms with Crippen LogP contribution in [0.1, 0.15) is 17.2 Å². The van der Waals surface area contributed by atoms with Gasteiger partial charge in [-0.1, -0.05) is 6.07 Å². The van der Waals surface area contributed by atoms with E-state index < -0.39 is 6.04 Å². The number of methoxy groups -OCH3 is 1. The molecule has 0 bridgehead atoms. The van der Waals surface area contributed by atoms with Crippen LogP contribution < -0.4 is 10.1 Å². The second-order valence-electron chi connectivity index (χ2n) is 4.65. The molecule has 0 saturated heterocycles. The molecule has 0 radical (unpaired) electrons. The number of aryl methyl sites for hydroxylation is 1. The lowest BCUT2D eigenvalue weighted by molar-refractivity contribution is 0.373. The van der Waals surface area contributed by atoms with Crippen molar-refractivity contribution in [3.05, 3.63) is 53.3 Å². The van der Waals surface area contributed by atoms with Crippen molar-refractivity contribution < 1.29 is 14.2 Å². The average molecular weight is 286 g/mol. The third kappa shape index (κ3) is 3.42. The number of rotatable bonds is 4. The van der Waals surface area contributed by atoms with Gasteiger partial charge in [0.25, 0.3) is 0 Å². The maximum Gasteiger partial charge on any atom is 0.160 e. The topological polar surface area (TPSA) is 65.3 Å². The minimum absolute atomic E-state index is 0.0486. The van der Waals surface area contributed by atoms with Crippen molar-refractivity contribution in [2.45, 2.75) is 13.0 Å². The molecule has 2 aromatic carbocycles. The molecule has 0 aliphatic rings. The van der Waals surface area contributed by atoms with Crippen LogP contribution in [0.2, 0.25) is 0 Å². The Morgan fingerprint density at radius 3 is 2.62 bits per heavy atom. The van der Waals surface area contributed by atoms with Crippen LogP contribution in [0, 0.1) is 24.1 Å². The van der Waals surface area contributed by atoms with E-state index in [1.54, 1.807) is 25.1 Å². The van der Waals surface area contributed by atoms with Crippen LogP contribution in [0.25, 0.3) is 0 Å². The first-order chi connectivity index (χ1) is 10.0. The molecular weight excluding hydrogens is 271 g/mol. The minimum atomic E-state index is -0.706. The van der Waals surface area contributed by atoms with E-state index in [1.807, 2.05) is 0 Å². The molecule has 108 valence electrons. The summed E-state index contributed by atoms with van der Waals surface area (Å²) in [4.78, 5) is 0. The molecule has 2 rings (SSSR count). The number of halogens is 1. The molecule has 4 nitrogen and oxygen atoms in total. The van der Waals surface area contributed by atoms with Gasteiger partial charge in [-0.05, 0) is 48.4 Å². The van der Waals surface area contributed by atoms with Crippen molar-refractivity contribution in [3.8, 4) is 17.6 Å². The van der Waals surface area contributed by atoms with Gasteiger partial charge in [0.1, 0.15) is 11.9 Å². The van der Waals surface area contributed by atoms with E-state index in [0.29, 0.717) is 17.0 Å². The monoisotopic (exact) mass is 286 g/mol. The largest absolute Gasteiger partial charge is 0.504 e.